The van der Waals surface area contributed by atoms with Crippen LogP contribution in [0.25, 0.3) is 0 Å². The van der Waals surface area contributed by atoms with E-state index in [0.717, 1.165) is 0 Å². The summed E-state index contributed by atoms with van der Waals surface area (Å²) in [4.78, 5) is 21.3. The van der Waals surface area contributed by atoms with Crippen LogP contribution in [0.3, 0.4) is 0 Å². The Morgan fingerprint density at radius 2 is 1.94 bits per heavy atom. The molecule has 0 spiro atoms. The molecule has 0 aliphatic heterocycles. The Labute approximate surface area is 106 Å². The number of carbonyl (C=O) groups excluding carboxylic acids is 1. The summed E-state index contributed by atoms with van der Waals surface area (Å²) in [6.45, 7) is 3.75. The van der Waals surface area contributed by atoms with Gasteiger partial charge in [0.2, 0.25) is 0 Å². The molecule has 18 heavy (non-hydrogen) atoms. The summed E-state index contributed by atoms with van der Waals surface area (Å²) in [6, 6.07) is 6.57. The largest absolute Gasteiger partial charge is 0.462 e. The van der Waals surface area contributed by atoms with E-state index in [0.29, 0.717) is 11.1 Å². The molecule has 0 saturated carbocycles. The summed E-state index contributed by atoms with van der Waals surface area (Å²) in [5, 5.41) is 0. The summed E-state index contributed by atoms with van der Waals surface area (Å²) >= 11 is 0. The number of benzene rings is 1. The lowest BCUT2D eigenvalue weighted by Crippen LogP contribution is -2.08. The quantitative estimate of drug-likeness (QED) is 0.636. The topological polar surface area (TPSA) is 72.8 Å². The Kier molecular flexibility index (Phi) is 5.54. The van der Waals surface area contributed by atoms with E-state index in [-0.39, 0.29) is 19.4 Å². The van der Waals surface area contributed by atoms with Crippen LogP contribution in [0.4, 0.5) is 0 Å². The Morgan fingerprint density at radius 1 is 1.28 bits per heavy atom. The minimum atomic E-state index is -3.71. The maximum Gasteiger partial charge on any atom is 0.338 e. The molecule has 1 atom stereocenters. The van der Waals surface area contributed by atoms with Gasteiger partial charge in [0.05, 0.1) is 24.9 Å². The van der Waals surface area contributed by atoms with Gasteiger partial charge < -0.3 is 14.2 Å². The molecule has 1 rings (SSSR count). The van der Waals surface area contributed by atoms with Gasteiger partial charge in [-0.3, -0.25) is 4.57 Å². The number of carbonyl (C=O) groups is 1. The van der Waals surface area contributed by atoms with Gasteiger partial charge in [-0.1, -0.05) is 18.2 Å². The Bertz CT molecular complexity index is 458. The lowest BCUT2D eigenvalue weighted by Gasteiger charge is -2.13. The average molecular weight is 272 g/mol. The minimum absolute atomic E-state index is 0.148. The molecular formula is C12H17O5P. The van der Waals surface area contributed by atoms with Crippen LogP contribution < -0.4 is 0 Å². The lowest BCUT2D eigenvalue weighted by molar-refractivity contribution is 0.0525. The highest BCUT2D eigenvalue weighted by atomic mass is 31.2. The molecule has 1 N–H and O–H groups in total. The van der Waals surface area contributed by atoms with Crippen molar-refractivity contribution in [2.24, 2.45) is 0 Å². The van der Waals surface area contributed by atoms with Gasteiger partial charge in [0.25, 0.3) is 0 Å². The molecule has 1 aromatic carbocycles. The van der Waals surface area contributed by atoms with E-state index in [1.54, 1.807) is 38.1 Å². The molecule has 1 unspecified atom stereocenters. The lowest BCUT2D eigenvalue weighted by atomic mass is 10.1. The standard InChI is InChI=1S/C12H17O5P/c1-3-16-12(13)11-8-6-5-7-10(11)9-18(14,15)17-4-2/h5-8H,3-4,9H2,1-2H3,(H,14,15). The zero-order valence-electron chi connectivity index (χ0n) is 10.5. The molecule has 100 valence electrons. The van der Waals surface area contributed by atoms with Gasteiger partial charge in [0.15, 0.2) is 0 Å². The summed E-state index contributed by atoms with van der Waals surface area (Å²) in [5.74, 6) is -0.496. The van der Waals surface area contributed by atoms with Crippen molar-refractivity contribution in [3.05, 3.63) is 35.4 Å². The van der Waals surface area contributed by atoms with Crippen LogP contribution in [0.2, 0.25) is 0 Å². The van der Waals surface area contributed by atoms with Crippen molar-refractivity contribution in [1.82, 2.24) is 0 Å². The van der Waals surface area contributed by atoms with Crippen LogP contribution in [-0.4, -0.2) is 24.1 Å². The van der Waals surface area contributed by atoms with Gasteiger partial charge in [0, 0.05) is 0 Å². The first-order valence-electron chi connectivity index (χ1n) is 5.71. The van der Waals surface area contributed by atoms with Crippen LogP contribution in [0.15, 0.2) is 24.3 Å². The second kappa shape index (κ2) is 6.69. The highest BCUT2D eigenvalue weighted by Gasteiger charge is 2.23. The fraction of sp³-hybridized carbons (Fsp3) is 0.417. The number of rotatable bonds is 6. The summed E-state index contributed by atoms with van der Waals surface area (Å²) in [5.41, 5.74) is 0.753. The molecule has 0 fully saturated rings. The Balaban J connectivity index is 2.95. The molecule has 0 heterocycles. The van der Waals surface area contributed by atoms with E-state index in [1.165, 1.54) is 0 Å². The van der Waals surface area contributed by atoms with Crippen molar-refractivity contribution in [2.45, 2.75) is 20.0 Å². The molecule has 0 aliphatic carbocycles. The zero-order chi connectivity index (χ0) is 13.6. The van der Waals surface area contributed by atoms with E-state index in [4.69, 9.17) is 9.26 Å². The normalized spacial score (nSPS) is 13.9. The van der Waals surface area contributed by atoms with E-state index in [1.807, 2.05) is 0 Å². The minimum Gasteiger partial charge on any atom is -0.462 e. The first-order valence-corrected chi connectivity index (χ1v) is 7.47. The predicted octanol–water partition coefficient (Wildman–Crippen LogP) is 2.59. The van der Waals surface area contributed by atoms with Crippen molar-refractivity contribution < 1.29 is 23.5 Å². The molecule has 0 radical (unpaired) electrons. The smallest absolute Gasteiger partial charge is 0.338 e. The molecule has 0 aliphatic rings. The summed E-state index contributed by atoms with van der Waals surface area (Å²) in [7, 11) is -3.71. The third-order valence-electron chi connectivity index (χ3n) is 2.21. The monoisotopic (exact) mass is 272 g/mol. The first kappa shape index (κ1) is 14.9. The number of esters is 1. The van der Waals surface area contributed by atoms with E-state index < -0.39 is 13.6 Å². The SMILES string of the molecule is CCOC(=O)c1ccccc1CP(=O)(O)OCC. The number of ether oxygens (including phenoxy) is 1. The van der Waals surface area contributed by atoms with Crippen LogP contribution >= 0.6 is 7.60 Å². The average Bonchev–Trinajstić information content (AvgIpc) is 2.29. The fourth-order valence-electron chi connectivity index (χ4n) is 1.53. The summed E-state index contributed by atoms with van der Waals surface area (Å²) in [6.07, 6.45) is -0.199. The van der Waals surface area contributed by atoms with Gasteiger partial charge in [-0.15, -0.1) is 0 Å². The molecule has 1 aromatic rings. The van der Waals surface area contributed by atoms with Crippen molar-refractivity contribution >= 4 is 13.6 Å². The Hall–Kier alpha value is -1.16. The predicted molar refractivity (Wildman–Crippen MR) is 67.6 cm³/mol. The summed E-state index contributed by atoms with van der Waals surface area (Å²) < 4.78 is 21.4. The van der Waals surface area contributed by atoms with E-state index >= 15 is 0 Å². The van der Waals surface area contributed by atoms with Gasteiger partial charge >= 0.3 is 13.6 Å². The molecule has 0 amide bonds. The Morgan fingerprint density at radius 3 is 2.56 bits per heavy atom. The second-order valence-corrected chi connectivity index (χ2v) is 5.44. The van der Waals surface area contributed by atoms with Gasteiger partial charge in [0.1, 0.15) is 0 Å². The zero-order valence-corrected chi connectivity index (χ0v) is 11.4. The maximum atomic E-state index is 11.7. The van der Waals surface area contributed by atoms with E-state index in [2.05, 4.69) is 0 Å². The number of hydrogen-bond donors (Lipinski definition) is 1. The van der Waals surface area contributed by atoms with Gasteiger partial charge in [-0.25, -0.2) is 4.79 Å². The highest BCUT2D eigenvalue weighted by Crippen LogP contribution is 2.46. The molecule has 0 bridgehead atoms. The van der Waals surface area contributed by atoms with Crippen LogP contribution in [0.1, 0.15) is 29.8 Å². The number of hydrogen-bond acceptors (Lipinski definition) is 4. The highest BCUT2D eigenvalue weighted by molar-refractivity contribution is 7.51. The molecule has 0 aromatic heterocycles. The van der Waals surface area contributed by atoms with Crippen molar-refractivity contribution in [1.29, 1.82) is 0 Å². The van der Waals surface area contributed by atoms with Crippen molar-refractivity contribution in [2.75, 3.05) is 13.2 Å². The van der Waals surface area contributed by atoms with E-state index in [9.17, 15) is 14.3 Å². The van der Waals surface area contributed by atoms with Gasteiger partial charge in [-0.05, 0) is 25.5 Å². The second-order valence-electron chi connectivity index (χ2n) is 3.59. The third-order valence-corrected chi connectivity index (χ3v) is 3.62. The maximum absolute atomic E-state index is 11.7. The molecule has 6 heteroatoms. The van der Waals surface area contributed by atoms with Crippen LogP contribution in [-0.2, 0) is 20.0 Å². The van der Waals surface area contributed by atoms with Crippen LogP contribution in [0, 0.1) is 0 Å². The molecule has 5 nitrogen and oxygen atoms in total. The fourth-order valence-corrected chi connectivity index (χ4v) is 2.73. The van der Waals surface area contributed by atoms with Crippen LogP contribution in [0.5, 0.6) is 0 Å². The van der Waals surface area contributed by atoms with Gasteiger partial charge in [-0.2, -0.15) is 0 Å². The first-order chi connectivity index (χ1) is 8.50. The van der Waals surface area contributed by atoms with Crippen molar-refractivity contribution in [3.63, 3.8) is 0 Å². The molecule has 0 saturated heterocycles. The third kappa shape index (κ3) is 4.26. The molecular weight excluding hydrogens is 255 g/mol. The van der Waals surface area contributed by atoms with Crippen molar-refractivity contribution in [3.8, 4) is 0 Å².